The highest BCUT2D eigenvalue weighted by Crippen LogP contribution is 2.54. The maximum Gasteiger partial charge on any atom is 0.256 e. The van der Waals surface area contributed by atoms with Crippen LogP contribution < -0.4 is 99.6 Å². The van der Waals surface area contributed by atoms with Crippen molar-refractivity contribution in [2.45, 2.75) is 130 Å². The van der Waals surface area contributed by atoms with E-state index in [0.29, 0.717) is 0 Å². The van der Waals surface area contributed by atoms with Gasteiger partial charge in [-0.3, -0.25) is 0 Å². The molecule has 0 fully saturated rings. The molecular formula is C103H92B3N5OSi2. The SMILES string of the molecule is Cc1cc(C)c(-c2cc3c4c(c2)N2c5ccccc5[Si](C)(C)c5cccc(c52)B4c2cc4c(cc2N3)N(c2c(C)cc(C)cc2C)c2cc(-c3c(C)cc(C)cc3C)cc3c2B4c2cc4c(cc2O3)N(c2c(C)cc(C)cc2C)c2cc(-c3c(C)cc(C)cc3C)cc3c2B4c2cccc4c2N3c2ccccc2[Si]4(C)C)c(C)c1. The van der Waals surface area contributed by atoms with Gasteiger partial charge in [-0.25, -0.2) is 0 Å². The number of para-hydroxylation sites is 4. The van der Waals surface area contributed by atoms with Gasteiger partial charge >= 0.3 is 0 Å². The van der Waals surface area contributed by atoms with Crippen molar-refractivity contribution in [3.8, 4) is 44.9 Å². The van der Waals surface area contributed by atoms with Crippen molar-refractivity contribution in [1.82, 2.24) is 0 Å². The third kappa shape index (κ3) is 9.34. The monoisotopic (exact) mass is 1500 g/mol. The first-order chi connectivity index (χ1) is 54.7. The lowest BCUT2D eigenvalue weighted by Crippen LogP contribution is -2.68. The van der Waals surface area contributed by atoms with Crippen LogP contribution in [-0.4, -0.2) is 36.3 Å². The number of aryl methyl sites for hydroxylation is 15. The molecule has 0 saturated heterocycles. The fraction of sp³-hybridized carbons (Fsp3) is 0.184. The van der Waals surface area contributed by atoms with E-state index in [9.17, 15) is 0 Å². The summed E-state index contributed by atoms with van der Waals surface area (Å²) in [6, 6.07) is 83.0. The van der Waals surface area contributed by atoms with Crippen molar-refractivity contribution in [2.24, 2.45) is 0 Å². The van der Waals surface area contributed by atoms with Crippen molar-refractivity contribution in [2.75, 3.05) is 24.9 Å². The van der Waals surface area contributed by atoms with E-state index in [0.717, 1.165) is 39.8 Å². The average molecular weight is 1500 g/mol. The first kappa shape index (κ1) is 69.2. The van der Waals surface area contributed by atoms with Crippen LogP contribution in [-0.2, 0) is 0 Å². The predicted molar refractivity (Wildman–Crippen MR) is 496 cm³/mol. The summed E-state index contributed by atoms with van der Waals surface area (Å²) in [5, 5.41) is 10.3. The Hall–Kier alpha value is -11.5. The number of rotatable bonds is 5. The number of nitrogens with one attached hydrogen (secondary N) is 1. The molecule has 11 heteroatoms. The van der Waals surface area contributed by atoms with Gasteiger partial charge in [0.15, 0.2) is 0 Å². The highest BCUT2D eigenvalue weighted by Gasteiger charge is 2.54. The van der Waals surface area contributed by atoms with Crippen LogP contribution in [0.3, 0.4) is 0 Å². The number of hydrogen-bond donors (Lipinski definition) is 1. The topological polar surface area (TPSA) is 34.2 Å². The van der Waals surface area contributed by atoms with Gasteiger partial charge in [0.05, 0.1) is 11.4 Å². The van der Waals surface area contributed by atoms with Crippen LogP contribution in [0, 0.1) is 104 Å². The zero-order valence-corrected chi connectivity index (χ0v) is 71.1. The molecular weight excluding hydrogens is 1410 g/mol. The van der Waals surface area contributed by atoms with Crippen molar-refractivity contribution >= 4 is 186 Å². The summed E-state index contributed by atoms with van der Waals surface area (Å²) in [6.07, 6.45) is 0. The van der Waals surface area contributed by atoms with Gasteiger partial charge in [-0.2, -0.15) is 0 Å². The zero-order chi connectivity index (χ0) is 78.4. The van der Waals surface area contributed by atoms with Crippen molar-refractivity contribution in [1.29, 1.82) is 0 Å². The van der Waals surface area contributed by atoms with Gasteiger partial charge in [0, 0.05) is 74.3 Å². The number of hydrogen-bond acceptors (Lipinski definition) is 6. The number of ether oxygens (including phenoxy) is 1. The standard InChI is InChI=1S/C103H92B3N5OSi2/c1-54-34-59(6)94(60(7)35-54)69-44-79-97-84(45-69)108-80-28-20-22-30-90(80)113(16,17)92-32-24-26-72(102(92)108)104(97)74-50-75-82(52-78(74)107-79)110(100-65(12)40-57(4)41-66(100)13)87-48-71(96-63(10)38-56(3)39-64(96)11)49-89-99(87)106(75)77-51-76-83(53-88(77)112-89)111(101-67(14)42-58(5)43-68(101)15)86-47-70(95-61(8)36-55(2)37-62(95)9)46-85-98(86)105(76)73-27-25-33-93-103(73)109(85)81-29-21-23-31-91(81)114(93,18)19/h20-53,107H,1-19H3. The molecule has 0 aromatic heterocycles. The molecule has 1 N–H and O–H groups in total. The Morgan fingerprint density at radius 1 is 0.254 bits per heavy atom. The average Bonchev–Trinajstić information content (AvgIpc) is 0.691. The molecule has 0 amide bonds. The first-order valence-corrected chi connectivity index (χ1v) is 47.1. The lowest BCUT2D eigenvalue weighted by atomic mass is 9.29. The second-order valence-electron chi connectivity index (χ2n) is 36.2. The summed E-state index contributed by atoms with van der Waals surface area (Å²) < 4.78 is 8.19. The smallest absolute Gasteiger partial charge is 0.256 e. The van der Waals surface area contributed by atoms with E-state index < -0.39 is 16.1 Å². The van der Waals surface area contributed by atoms with E-state index in [4.69, 9.17) is 4.74 Å². The molecule has 0 bridgehead atoms. The summed E-state index contributed by atoms with van der Waals surface area (Å²) in [5.74, 6) is 1.78. The molecule has 6 nitrogen and oxygen atoms in total. The lowest BCUT2D eigenvalue weighted by Gasteiger charge is -2.50. The van der Waals surface area contributed by atoms with Crippen LogP contribution in [0.1, 0.15) is 83.5 Å². The molecule has 8 heterocycles. The van der Waals surface area contributed by atoms with Gasteiger partial charge in [-0.05, 0) is 317 Å². The fourth-order valence-electron chi connectivity index (χ4n) is 23.8. The normalized spacial score (nSPS) is 15.0. The van der Waals surface area contributed by atoms with Gasteiger partial charge in [-0.1, -0.05) is 200 Å². The zero-order valence-electron chi connectivity index (χ0n) is 69.1. The first-order valence-electron chi connectivity index (χ1n) is 41.1. The Morgan fingerprint density at radius 2 is 0.605 bits per heavy atom. The van der Waals surface area contributed by atoms with E-state index in [-0.39, 0.29) is 20.1 Å². The summed E-state index contributed by atoms with van der Waals surface area (Å²) in [4.78, 5) is 10.8. The van der Waals surface area contributed by atoms with Crippen molar-refractivity contribution < 1.29 is 4.74 Å². The molecule has 8 aliphatic heterocycles. The highest BCUT2D eigenvalue weighted by molar-refractivity contribution is 7.08. The van der Waals surface area contributed by atoms with Crippen LogP contribution in [0.2, 0.25) is 26.2 Å². The molecule has 14 aromatic rings. The van der Waals surface area contributed by atoms with Crippen LogP contribution in [0.5, 0.6) is 11.5 Å². The summed E-state index contributed by atoms with van der Waals surface area (Å²) in [7, 11) is -4.63. The molecule has 14 aromatic carbocycles. The molecule has 0 atom stereocenters. The van der Waals surface area contributed by atoms with Crippen LogP contribution in [0.4, 0.5) is 79.6 Å². The van der Waals surface area contributed by atoms with Crippen LogP contribution in [0.15, 0.2) is 206 Å². The maximum absolute atomic E-state index is 8.19. The molecule has 114 heavy (non-hydrogen) atoms. The largest absolute Gasteiger partial charge is 0.458 e. The molecule has 0 unspecified atom stereocenters. The quantitative estimate of drug-likeness (QED) is 0.173. The Bertz CT molecular complexity index is 6710. The summed E-state index contributed by atoms with van der Waals surface area (Å²) in [5.41, 5.74) is 55.1. The number of anilines is 14. The molecule has 22 rings (SSSR count). The van der Waals surface area contributed by atoms with Crippen LogP contribution >= 0.6 is 0 Å². The Labute approximate surface area is 675 Å². The molecule has 8 aliphatic rings. The van der Waals surface area contributed by atoms with Gasteiger partial charge in [-0.15, -0.1) is 0 Å². The fourth-order valence-corrected chi connectivity index (χ4v) is 29.8. The van der Waals surface area contributed by atoms with Crippen molar-refractivity contribution in [3.63, 3.8) is 0 Å². The Morgan fingerprint density at radius 3 is 1.06 bits per heavy atom. The molecule has 552 valence electrons. The Kier molecular flexibility index (Phi) is 14.5. The van der Waals surface area contributed by atoms with E-state index in [1.54, 1.807) is 0 Å². The van der Waals surface area contributed by atoms with Gasteiger partial charge in [0.1, 0.15) is 27.6 Å². The van der Waals surface area contributed by atoms with E-state index >= 15 is 0 Å². The van der Waals surface area contributed by atoms with Gasteiger partial charge in [0.2, 0.25) is 0 Å². The third-order valence-corrected chi connectivity index (χ3v) is 34.7. The van der Waals surface area contributed by atoms with E-state index in [1.165, 1.54) is 238 Å². The maximum atomic E-state index is 8.19. The highest BCUT2D eigenvalue weighted by atomic mass is 28.3. The Balaban J connectivity index is 0.868. The minimum Gasteiger partial charge on any atom is -0.458 e. The summed E-state index contributed by atoms with van der Waals surface area (Å²) >= 11 is 0. The molecule has 0 aliphatic carbocycles. The summed E-state index contributed by atoms with van der Waals surface area (Å²) in [6.45, 7) is 44.2. The predicted octanol–water partition coefficient (Wildman–Crippen LogP) is 18.4. The second kappa shape index (κ2) is 23.8. The number of fused-ring (bicyclic) bond motifs is 16. The third-order valence-electron chi connectivity index (χ3n) is 27.6. The van der Waals surface area contributed by atoms with E-state index in [1.807, 2.05) is 0 Å². The van der Waals surface area contributed by atoms with Crippen LogP contribution in [0.25, 0.3) is 33.4 Å². The van der Waals surface area contributed by atoms with E-state index in [2.05, 4.69) is 361 Å². The number of nitrogens with zero attached hydrogens (tertiary/aromatic N) is 4. The molecule has 0 spiro atoms. The lowest BCUT2D eigenvalue weighted by molar-refractivity contribution is 0.488. The minimum atomic E-state index is -2.33. The minimum absolute atomic E-state index is 0.115. The van der Waals surface area contributed by atoms with Gasteiger partial charge in [0.25, 0.3) is 20.1 Å². The second-order valence-corrected chi connectivity index (χ2v) is 44.8. The molecule has 0 saturated carbocycles. The molecule has 0 radical (unpaired) electrons. The van der Waals surface area contributed by atoms with Gasteiger partial charge < -0.3 is 29.7 Å². The van der Waals surface area contributed by atoms with Crippen molar-refractivity contribution in [3.05, 3.63) is 290 Å². The number of benzene rings is 14.